The van der Waals surface area contributed by atoms with Crippen LogP contribution in [0.15, 0.2) is 0 Å². The number of fused-ring (bicyclic) bond motifs is 1. The van der Waals surface area contributed by atoms with Crippen LogP contribution in [0.3, 0.4) is 0 Å². The zero-order valence-corrected chi connectivity index (χ0v) is 12.8. The van der Waals surface area contributed by atoms with Crippen molar-refractivity contribution in [3.8, 4) is 0 Å². The average Bonchev–Trinajstić information content (AvgIpc) is 2.44. The summed E-state index contributed by atoms with van der Waals surface area (Å²) >= 11 is 0. The van der Waals surface area contributed by atoms with Crippen LogP contribution < -0.4 is 0 Å². The normalized spacial score (nSPS) is 29.0. The van der Waals surface area contributed by atoms with Gasteiger partial charge in [0.15, 0.2) is 5.78 Å². The molecule has 1 saturated heterocycles. The van der Waals surface area contributed by atoms with Gasteiger partial charge in [-0.2, -0.15) is 0 Å². The smallest absolute Gasteiger partial charge is 0.165 e. The zero-order chi connectivity index (χ0) is 13.9. The minimum absolute atomic E-state index is 0.230. The molecule has 2 rings (SSSR count). The number of ketones is 1. The molecule has 1 aliphatic heterocycles. The van der Waals surface area contributed by atoms with Gasteiger partial charge in [-0.15, -0.1) is 0 Å². The van der Waals surface area contributed by atoms with Crippen LogP contribution in [-0.2, 0) is 9.53 Å². The van der Waals surface area contributed by atoms with Crippen LogP contribution in [0.2, 0.25) is 0 Å². The first-order valence-electron chi connectivity index (χ1n) is 7.87. The Morgan fingerprint density at radius 3 is 2.63 bits per heavy atom. The summed E-state index contributed by atoms with van der Waals surface area (Å²) in [4.78, 5) is 14.7. The maximum absolute atomic E-state index is 12.1. The largest absolute Gasteiger partial charge is 0.371 e. The summed E-state index contributed by atoms with van der Waals surface area (Å²) in [6.45, 7) is 5.85. The van der Waals surface area contributed by atoms with E-state index in [2.05, 4.69) is 4.90 Å². The molecule has 0 bridgehead atoms. The van der Waals surface area contributed by atoms with Crippen molar-refractivity contribution in [2.75, 3.05) is 20.2 Å². The van der Waals surface area contributed by atoms with E-state index in [1.54, 1.807) is 7.11 Å². The Morgan fingerprint density at radius 2 is 1.89 bits per heavy atom. The van der Waals surface area contributed by atoms with Crippen LogP contribution in [0.5, 0.6) is 0 Å². The summed E-state index contributed by atoms with van der Waals surface area (Å²) in [5.74, 6) is 1.13. The van der Waals surface area contributed by atoms with Gasteiger partial charge in [-0.3, -0.25) is 9.69 Å². The van der Waals surface area contributed by atoms with E-state index >= 15 is 0 Å². The molecule has 2 fully saturated rings. The summed E-state index contributed by atoms with van der Waals surface area (Å²) in [7, 11) is 1.62. The van der Waals surface area contributed by atoms with Crippen molar-refractivity contribution >= 4 is 5.78 Å². The lowest BCUT2D eigenvalue weighted by Crippen LogP contribution is -2.48. The zero-order valence-electron chi connectivity index (χ0n) is 12.8. The molecule has 110 valence electrons. The fraction of sp³-hybridized carbons (Fsp3) is 0.938. The quantitative estimate of drug-likeness (QED) is 0.767. The first-order chi connectivity index (χ1) is 9.04. The molecule has 0 radical (unpaired) electrons. The second kappa shape index (κ2) is 6.36. The molecular formula is C16H29NO2. The lowest BCUT2D eigenvalue weighted by Gasteiger charge is -2.44. The Labute approximate surface area is 117 Å². The number of nitrogens with zero attached hydrogens (tertiary/aromatic N) is 1. The SMILES string of the molecule is COC(C)(C)C(=O)CCN1CCCC2CCCCC21. The summed E-state index contributed by atoms with van der Waals surface area (Å²) in [5, 5.41) is 0. The number of hydrogen-bond acceptors (Lipinski definition) is 3. The molecule has 0 N–H and O–H groups in total. The summed E-state index contributed by atoms with van der Waals surface area (Å²) in [5.41, 5.74) is -0.623. The Morgan fingerprint density at radius 1 is 1.21 bits per heavy atom. The minimum Gasteiger partial charge on any atom is -0.371 e. The van der Waals surface area contributed by atoms with Crippen LogP contribution >= 0.6 is 0 Å². The summed E-state index contributed by atoms with van der Waals surface area (Å²) < 4.78 is 5.28. The van der Waals surface area contributed by atoms with E-state index in [0.29, 0.717) is 6.42 Å². The maximum Gasteiger partial charge on any atom is 0.165 e. The molecule has 2 unspecified atom stereocenters. The van der Waals surface area contributed by atoms with Crippen LogP contribution in [-0.4, -0.2) is 42.5 Å². The van der Waals surface area contributed by atoms with Crippen LogP contribution in [0.4, 0.5) is 0 Å². The highest BCUT2D eigenvalue weighted by Gasteiger charge is 2.34. The number of ether oxygens (including phenoxy) is 1. The molecule has 0 amide bonds. The van der Waals surface area contributed by atoms with Gasteiger partial charge < -0.3 is 4.74 Å². The fourth-order valence-corrected chi connectivity index (χ4v) is 3.67. The highest BCUT2D eigenvalue weighted by Crippen LogP contribution is 2.35. The van der Waals surface area contributed by atoms with E-state index in [9.17, 15) is 4.79 Å². The monoisotopic (exact) mass is 267 g/mol. The number of piperidine rings is 1. The molecule has 1 heterocycles. The number of rotatable bonds is 5. The summed E-state index contributed by atoms with van der Waals surface area (Å²) in [6.07, 6.45) is 8.86. The molecule has 0 aromatic rings. The van der Waals surface area contributed by atoms with E-state index in [1.807, 2.05) is 13.8 Å². The van der Waals surface area contributed by atoms with Gasteiger partial charge in [-0.25, -0.2) is 0 Å². The van der Waals surface area contributed by atoms with Gasteiger partial charge in [-0.05, 0) is 52.0 Å². The Balaban J connectivity index is 1.86. The minimum atomic E-state index is -0.623. The second-order valence-electron chi connectivity index (χ2n) is 6.68. The van der Waals surface area contributed by atoms with Crippen molar-refractivity contribution in [1.82, 2.24) is 4.90 Å². The van der Waals surface area contributed by atoms with Gasteiger partial charge in [0.25, 0.3) is 0 Å². The molecule has 0 spiro atoms. The Hall–Kier alpha value is -0.410. The maximum atomic E-state index is 12.1. The van der Waals surface area contributed by atoms with E-state index in [0.717, 1.165) is 18.5 Å². The fourth-order valence-electron chi connectivity index (χ4n) is 3.67. The van der Waals surface area contributed by atoms with Gasteiger partial charge in [0.05, 0.1) is 0 Å². The van der Waals surface area contributed by atoms with Crippen LogP contribution in [0, 0.1) is 5.92 Å². The number of methoxy groups -OCH3 is 1. The van der Waals surface area contributed by atoms with Crippen LogP contribution in [0.1, 0.15) is 58.8 Å². The first kappa shape index (κ1) is 15.0. The number of carbonyl (C=O) groups is 1. The predicted octanol–water partition coefficient (Wildman–Crippen LogP) is 3.03. The molecule has 2 atom stereocenters. The van der Waals surface area contributed by atoms with Crippen molar-refractivity contribution in [3.05, 3.63) is 0 Å². The van der Waals surface area contributed by atoms with E-state index in [1.165, 1.54) is 45.1 Å². The van der Waals surface area contributed by atoms with E-state index in [4.69, 9.17) is 4.74 Å². The van der Waals surface area contributed by atoms with E-state index < -0.39 is 5.60 Å². The topological polar surface area (TPSA) is 29.5 Å². The molecule has 1 saturated carbocycles. The molecule has 0 aromatic carbocycles. The third-order valence-corrected chi connectivity index (χ3v) is 5.17. The molecule has 1 aliphatic carbocycles. The molecule has 3 nitrogen and oxygen atoms in total. The lowest BCUT2D eigenvalue weighted by atomic mass is 9.78. The highest BCUT2D eigenvalue weighted by atomic mass is 16.5. The van der Waals surface area contributed by atoms with E-state index in [-0.39, 0.29) is 5.78 Å². The van der Waals surface area contributed by atoms with Gasteiger partial charge in [0.2, 0.25) is 0 Å². The Bertz CT molecular complexity index is 312. The third-order valence-electron chi connectivity index (χ3n) is 5.17. The number of Topliss-reactive ketones (excluding diaryl/α,β-unsaturated/α-hetero) is 1. The predicted molar refractivity (Wildman–Crippen MR) is 77.3 cm³/mol. The number of hydrogen-bond donors (Lipinski definition) is 0. The van der Waals surface area contributed by atoms with Gasteiger partial charge >= 0.3 is 0 Å². The molecule has 3 heteroatoms. The van der Waals surface area contributed by atoms with Crippen molar-refractivity contribution < 1.29 is 9.53 Å². The van der Waals surface area contributed by atoms with Crippen molar-refractivity contribution in [1.29, 1.82) is 0 Å². The molecule has 19 heavy (non-hydrogen) atoms. The lowest BCUT2D eigenvalue weighted by molar-refractivity contribution is -0.137. The molecule has 0 aromatic heterocycles. The molecule has 2 aliphatic rings. The Kier molecular flexibility index (Phi) is 5.02. The van der Waals surface area contributed by atoms with Crippen molar-refractivity contribution in [2.45, 2.75) is 70.4 Å². The first-order valence-corrected chi connectivity index (χ1v) is 7.87. The number of carbonyl (C=O) groups excluding carboxylic acids is 1. The van der Waals surface area contributed by atoms with Crippen LogP contribution in [0.25, 0.3) is 0 Å². The van der Waals surface area contributed by atoms with Crippen molar-refractivity contribution in [2.24, 2.45) is 5.92 Å². The third kappa shape index (κ3) is 3.57. The van der Waals surface area contributed by atoms with Gasteiger partial charge in [0, 0.05) is 26.1 Å². The molecular weight excluding hydrogens is 238 g/mol. The van der Waals surface area contributed by atoms with Crippen molar-refractivity contribution in [3.63, 3.8) is 0 Å². The van der Waals surface area contributed by atoms with Gasteiger partial charge in [-0.1, -0.05) is 12.8 Å². The summed E-state index contributed by atoms with van der Waals surface area (Å²) in [6, 6.07) is 0.751. The highest BCUT2D eigenvalue weighted by molar-refractivity contribution is 5.86. The van der Waals surface area contributed by atoms with Gasteiger partial charge in [0.1, 0.15) is 5.60 Å². The average molecular weight is 267 g/mol. The standard InChI is InChI=1S/C16H29NO2/c1-16(2,19-3)15(18)10-12-17-11-6-8-13-7-4-5-9-14(13)17/h13-14H,4-12H2,1-3H3. The number of likely N-dealkylation sites (tertiary alicyclic amines) is 1. The second-order valence-corrected chi connectivity index (χ2v) is 6.68.